The molecule has 1 aliphatic carbocycles. The maximum Gasteiger partial charge on any atom is 0.338 e. The molecule has 0 amide bonds. The molecule has 22 heavy (non-hydrogen) atoms. The van der Waals surface area contributed by atoms with Gasteiger partial charge in [-0.15, -0.1) is 0 Å². The number of phenols is 2. The molecule has 4 N–H and O–H groups in total. The molecule has 0 saturated heterocycles. The summed E-state index contributed by atoms with van der Waals surface area (Å²) in [6.07, 6.45) is 0. The van der Waals surface area contributed by atoms with Crippen LogP contribution in [0.15, 0.2) is 24.3 Å². The van der Waals surface area contributed by atoms with Gasteiger partial charge in [-0.3, -0.25) is 19.7 Å². The second-order valence-corrected chi connectivity index (χ2v) is 4.67. The van der Waals surface area contributed by atoms with Crippen LogP contribution in [0, 0.1) is 10.1 Å². The lowest BCUT2D eigenvalue weighted by Gasteiger charge is -2.20. The van der Waals surface area contributed by atoms with Crippen molar-refractivity contribution < 1.29 is 24.7 Å². The smallest absolute Gasteiger partial charge is 0.338 e. The van der Waals surface area contributed by atoms with E-state index in [-0.39, 0.29) is 11.1 Å². The van der Waals surface area contributed by atoms with E-state index in [0.29, 0.717) is 0 Å². The van der Waals surface area contributed by atoms with Crippen molar-refractivity contribution in [3.8, 4) is 11.5 Å². The van der Waals surface area contributed by atoms with Crippen molar-refractivity contribution in [1.82, 2.24) is 0 Å². The number of aromatic hydroxyl groups is 2. The Morgan fingerprint density at radius 3 is 1.95 bits per heavy atom. The monoisotopic (exact) mass is 300 g/mol. The molecular formula is C14H8N2O6. The highest BCUT2D eigenvalue weighted by molar-refractivity contribution is 6.31. The number of rotatable bonds is 1. The van der Waals surface area contributed by atoms with Gasteiger partial charge < -0.3 is 15.9 Å². The maximum atomic E-state index is 12.5. The minimum Gasteiger partial charge on any atom is -0.504 e. The second-order valence-electron chi connectivity index (χ2n) is 4.67. The van der Waals surface area contributed by atoms with Gasteiger partial charge in [0.15, 0.2) is 17.3 Å². The molecule has 0 radical (unpaired) electrons. The normalized spacial score (nSPS) is 12.7. The Morgan fingerprint density at radius 2 is 1.45 bits per heavy atom. The number of nitro groups is 1. The van der Waals surface area contributed by atoms with E-state index in [4.69, 9.17) is 5.73 Å². The molecule has 110 valence electrons. The molecule has 0 unspecified atom stereocenters. The summed E-state index contributed by atoms with van der Waals surface area (Å²) >= 11 is 0. The number of hydrogen-bond acceptors (Lipinski definition) is 7. The van der Waals surface area contributed by atoms with Gasteiger partial charge in [0.1, 0.15) is 5.69 Å². The van der Waals surface area contributed by atoms with Gasteiger partial charge in [0.05, 0.1) is 16.1 Å². The topological polar surface area (TPSA) is 144 Å². The highest BCUT2D eigenvalue weighted by Crippen LogP contribution is 2.48. The zero-order chi connectivity index (χ0) is 16.2. The lowest BCUT2D eigenvalue weighted by Crippen LogP contribution is -2.23. The Hall–Kier alpha value is -3.42. The Kier molecular flexibility index (Phi) is 2.64. The highest BCUT2D eigenvalue weighted by atomic mass is 16.6. The first-order valence-corrected chi connectivity index (χ1v) is 6.06. The molecule has 1 aliphatic rings. The summed E-state index contributed by atoms with van der Waals surface area (Å²) in [4.78, 5) is 34.8. The number of nitro benzene ring substituents is 1. The standard InChI is InChI=1S/C14H8N2O6/c15-9-7-8(13(19)14(20)10(9)16(21)22)12(18)6-4-2-1-3-5(6)11(7)17/h1-4,19-20H,15H2. The van der Waals surface area contributed by atoms with Crippen molar-refractivity contribution in [3.63, 3.8) is 0 Å². The van der Waals surface area contributed by atoms with E-state index in [1.54, 1.807) is 0 Å². The Bertz CT molecular complexity index is 887. The summed E-state index contributed by atoms with van der Waals surface area (Å²) in [5, 5.41) is 30.6. The van der Waals surface area contributed by atoms with Gasteiger partial charge in [0.2, 0.25) is 5.75 Å². The molecule has 8 nitrogen and oxygen atoms in total. The van der Waals surface area contributed by atoms with Crippen LogP contribution in [0.25, 0.3) is 0 Å². The van der Waals surface area contributed by atoms with Crippen LogP contribution in [-0.4, -0.2) is 26.7 Å². The van der Waals surface area contributed by atoms with Gasteiger partial charge in [-0.05, 0) is 0 Å². The van der Waals surface area contributed by atoms with Crippen LogP contribution in [0.1, 0.15) is 31.8 Å². The molecule has 3 rings (SSSR count). The van der Waals surface area contributed by atoms with Crippen molar-refractivity contribution in [2.45, 2.75) is 0 Å². The number of phenolic OH excluding ortho intramolecular Hbond substituents is 2. The average molecular weight is 300 g/mol. The predicted molar refractivity (Wildman–Crippen MR) is 74.1 cm³/mol. The molecule has 2 aromatic carbocycles. The highest BCUT2D eigenvalue weighted by Gasteiger charge is 2.40. The molecule has 0 bridgehead atoms. The van der Waals surface area contributed by atoms with E-state index >= 15 is 0 Å². The third-order valence-corrected chi connectivity index (χ3v) is 3.51. The van der Waals surface area contributed by atoms with Crippen molar-refractivity contribution in [2.24, 2.45) is 0 Å². The molecule has 0 saturated carbocycles. The van der Waals surface area contributed by atoms with Crippen molar-refractivity contribution in [2.75, 3.05) is 5.73 Å². The first-order valence-electron chi connectivity index (χ1n) is 6.06. The lowest BCUT2D eigenvalue weighted by atomic mass is 9.82. The summed E-state index contributed by atoms with van der Waals surface area (Å²) in [5.41, 5.74) is 3.02. The number of anilines is 1. The SMILES string of the molecule is Nc1c2c(c(O)c(O)c1[N+](=O)[O-])C(=O)c1ccccc1C2=O. The van der Waals surface area contributed by atoms with E-state index in [9.17, 15) is 29.9 Å². The minimum atomic E-state index is -1.14. The number of fused-ring (bicyclic) bond motifs is 2. The van der Waals surface area contributed by atoms with Crippen LogP contribution in [0.2, 0.25) is 0 Å². The zero-order valence-corrected chi connectivity index (χ0v) is 10.9. The van der Waals surface area contributed by atoms with Gasteiger partial charge in [0, 0.05) is 11.1 Å². The molecule has 0 spiro atoms. The van der Waals surface area contributed by atoms with E-state index in [2.05, 4.69) is 0 Å². The fraction of sp³-hybridized carbons (Fsp3) is 0. The average Bonchev–Trinajstić information content (AvgIpc) is 2.48. The zero-order valence-electron chi connectivity index (χ0n) is 10.9. The fourth-order valence-electron chi connectivity index (χ4n) is 2.52. The summed E-state index contributed by atoms with van der Waals surface area (Å²) in [6, 6.07) is 5.82. The first kappa shape index (κ1) is 13.6. The molecule has 8 heteroatoms. The maximum absolute atomic E-state index is 12.5. The molecule has 2 aromatic rings. The number of hydrogen-bond donors (Lipinski definition) is 3. The number of benzene rings is 2. The van der Waals surface area contributed by atoms with E-state index in [0.717, 1.165) is 0 Å². The summed E-state index contributed by atoms with van der Waals surface area (Å²) in [6.45, 7) is 0. The van der Waals surface area contributed by atoms with Crippen molar-refractivity contribution in [3.05, 3.63) is 56.6 Å². The summed E-state index contributed by atoms with van der Waals surface area (Å²) in [5.74, 6) is -3.62. The number of ketones is 2. The van der Waals surface area contributed by atoms with Crippen molar-refractivity contribution in [1.29, 1.82) is 0 Å². The fourth-order valence-corrected chi connectivity index (χ4v) is 2.52. The van der Waals surface area contributed by atoms with Crippen LogP contribution >= 0.6 is 0 Å². The van der Waals surface area contributed by atoms with Crippen LogP contribution in [0.5, 0.6) is 11.5 Å². The number of nitrogen functional groups attached to an aromatic ring is 1. The second kappa shape index (κ2) is 4.29. The molecule has 0 aromatic heterocycles. The Morgan fingerprint density at radius 1 is 0.955 bits per heavy atom. The van der Waals surface area contributed by atoms with Crippen LogP contribution in [0.3, 0.4) is 0 Å². The first-order chi connectivity index (χ1) is 10.4. The molecule has 0 atom stereocenters. The van der Waals surface area contributed by atoms with E-state index in [1.807, 2.05) is 0 Å². The van der Waals surface area contributed by atoms with Gasteiger partial charge in [-0.25, -0.2) is 0 Å². The quantitative estimate of drug-likeness (QED) is 0.202. The minimum absolute atomic E-state index is 0.0305. The van der Waals surface area contributed by atoms with Crippen LogP contribution in [0.4, 0.5) is 11.4 Å². The van der Waals surface area contributed by atoms with Gasteiger partial charge in [-0.1, -0.05) is 24.3 Å². The van der Waals surface area contributed by atoms with Crippen molar-refractivity contribution >= 4 is 22.9 Å². The molecule has 0 fully saturated rings. The van der Waals surface area contributed by atoms with Gasteiger partial charge in [-0.2, -0.15) is 0 Å². The van der Waals surface area contributed by atoms with Crippen LogP contribution in [-0.2, 0) is 0 Å². The number of nitrogens with zero attached hydrogens (tertiary/aromatic N) is 1. The van der Waals surface area contributed by atoms with Gasteiger partial charge in [0.25, 0.3) is 0 Å². The third kappa shape index (κ3) is 1.51. The third-order valence-electron chi connectivity index (χ3n) is 3.51. The number of nitrogens with two attached hydrogens (primary N) is 1. The molecule has 0 heterocycles. The Balaban J connectivity index is 2.46. The number of carbonyl (C=O) groups is 2. The molecule has 0 aliphatic heterocycles. The summed E-state index contributed by atoms with van der Waals surface area (Å²) in [7, 11) is 0. The van der Waals surface area contributed by atoms with Gasteiger partial charge >= 0.3 is 5.69 Å². The van der Waals surface area contributed by atoms with E-state index < -0.39 is 50.5 Å². The number of carbonyl (C=O) groups excluding carboxylic acids is 2. The van der Waals surface area contributed by atoms with Crippen LogP contribution < -0.4 is 5.73 Å². The predicted octanol–water partition coefficient (Wildman–Crippen LogP) is 1.36. The largest absolute Gasteiger partial charge is 0.504 e. The Labute approximate surface area is 122 Å². The molecular weight excluding hydrogens is 292 g/mol. The van der Waals surface area contributed by atoms with E-state index in [1.165, 1.54) is 24.3 Å². The lowest BCUT2D eigenvalue weighted by molar-refractivity contribution is -0.385. The summed E-state index contributed by atoms with van der Waals surface area (Å²) < 4.78 is 0.